The molecule has 0 bridgehead atoms. The Balaban J connectivity index is 2.23. The first kappa shape index (κ1) is 17.3. The van der Waals surface area contributed by atoms with Crippen LogP contribution in [0, 0.1) is 3.57 Å². The fourth-order valence-corrected chi connectivity index (χ4v) is 3.75. The minimum Gasteiger partial charge on any atom is -0.458 e. The van der Waals surface area contributed by atoms with Gasteiger partial charge in [-0.1, -0.05) is 20.8 Å². The van der Waals surface area contributed by atoms with E-state index in [-0.39, 0.29) is 5.04 Å². The lowest BCUT2D eigenvalue weighted by Crippen LogP contribution is -2.40. The van der Waals surface area contributed by atoms with Gasteiger partial charge in [-0.3, -0.25) is 0 Å². The molecule has 0 aliphatic carbocycles. The van der Waals surface area contributed by atoms with Crippen molar-refractivity contribution in [2.24, 2.45) is 0 Å². The molecule has 2 rings (SSSR count). The normalized spacial score (nSPS) is 13.1. The molecular formula is C16H22ClIO2Si. The fourth-order valence-electron chi connectivity index (χ4n) is 1.84. The summed E-state index contributed by atoms with van der Waals surface area (Å²) in [6, 6.07) is 6.22. The maximum atomic E-state index is 6.22. The Bertz CT molecular complexity index is 643. The molecule has 2 aromatic rings. The van der Waals surface area contributed by atoms with Gasteiger partial charge in [-0.2, -0.15) is 0 Å². The van der Waals surface area contributed by atoms with Gasteiger partial charge in [0.2, 0.25) is 0 Å². The summed E-state index contributed by atoms with van der Waals surface area (Å²) >= 11 is 8.22. The Morgan fingerprint density at radius 2 is 1.90 bits per heavy atom. The second kappa shape index (κ2) is 6.22. The summed E-state index contributed by atoms with van der Waals surface area (Å²) in [5, 5.41) is 1.31. The quantitative estimate of drug-likeness (QED) is 0.319. The van der Waals surface area contributed by atoms with E-state index in [1.807, 2.05) is 0 Å². The lowest BCUT2D eigenvalue weighted by molar-refractivity contribution is 0.249. The Labute approximate surface area is 146 Å². The van der Waals surface area contributed by atoms with Crippen LogP contribution < -0.4 is 0 Å². The Kier molecular flexibility index (Phi) is 5.13. The molecule has 0 radical (unpaired) electrons. The van der Waals surface area contributed by atoms with Crippen molar-refractivity contribution in [3.05, 3.63) is 33.1 Å². The van der Waals surface area contributed by atoms with Crippen molar-refractivity contribution >= 4 is 53.5 Å². The van der Waals surface area contributed by atoms with E-state index in [1.165, 1.54) is 0 Å². The minimum atomic E-state index is -1.75. The predicted octanol–water partition coefficient (Wildman–Crippen LogP) is 6.30. The molecule has 5 heteroatoms. The summed E-state index contributed by atoms with van der Waals surface area (Å²) in [6.07, 6.45) is 0. The van der Waals surface area contributed by atoms with Crippen LogP contribution in [0.2, 0.25) is 18.1 Å². The average Bonchev–Trinajstić information content (AvgIpc) is 2.78. The van der Waals surface area contributed by atoms with E-state index in [9.17, 15) is 0 Å². The number of benzene rings is 1. The molecule has 0 saturated carbocycles. The zero-order valence-electron chi connectivity index (χ0n) is 13.2. The van der Waals surface area contributed by atoms with E-state index < -0.39 is 8.32 Å². The van der Waals surface area contributed by atoms with Crippen molar-refractivity contribution in [1.82, 2.24) is 0 Å². The van der Waals surface area contributed by atoms with Gasteiger partial charge < -0.3 is 8.84 Å². The van der Waals surface area contributed by atoms with E-state index in [4.69, 9.17) is 20.4 Å². The first-order valence-corrected chi connectivity index (χ1v) is 11.6. The van der Waals surface area contributed by atoms with E-state index in [2.05, 4.69) is 74.7 Å². The van der Waals surface area contributed by atoms with Gasteiger partial charge in [0.15, 0.2) is 8.32 Å². The first-order valence-electron chi connectivity index (χ1n) is 7.05. The van der Waals surface area contributed by atoms with Gasteiger partial charge >= 0.3 is 0 Å². The lowest BCUT2D eigenvalue weighted by atomic mass is 10.2. The molecule has 0 aliphatic heterocycles. The number of hydrogen-bond acceptors (Lipinski definition) is 2. The van der Waals surface area contributed by atoms with Gasteiger partial charge in [0, 0.05) is 11.3 Å². The summed E-state index contributed by atoms with van der Waals surface area (Å²) in [4.78, 5) is 0. The molecule has 0 spiro atoms. The Hall–Kier alpha value is -0.0431. The molecule has 0 saturated heterocycles. The molecule has 21 heavy (non-hydrogen) atoms. The van der Waals surface area contributed by atoms with Gasteiger partial charge in [0.25, 0.3) is 0 Å². The van der Waals surface area contributed by atoms with Crippen molar-refractivity contribution in [2.45, 2.75) is 51.4 Å². The van der Waals surface area contributed by atoms with Crippen molar-refractivity contribution < 1.29 is 8.84 Å². The highest BCUT2D eigenvalue weighted by Crippen LogP contribution is 2.37. The summed E-state index contributed by atoms with van der Waals surface area (Å²) < 4.78 is 13.3. The van der Waals surface area contributed by atoms with Gasteiger partial charge in [-0.25, -0.2) is 0 Å². The summed E-state index contributed by atoms with van der Waals surface area (Å²) in [5.74, 6) is 1.41. The van der Waals surface area contributed by atoms with Gasteiger partial charge in [0.05, 0.1) is 10.2 Å². The Morgan fingerprint density at radius 1 is 1.24 bits per heavy atom. The van der Waals surface area contributed by atoms with Crippen LogP contribution in [0.5, 0.6) is 0 Å². The Morgan fingerprint density at radius 3 is 2.48 bits per heavy atom. The monoisotopic (exact) mass is 436 g/mol. The minimum absolute atomic E-state index is 0.208. The maximum absolute atomic E-state index is 6.22. The molecule has 0 amide bonds. The van der Waals surface area contributed by atoms with Crippen molar-refractivity contribution in [2.75, 3.05) is 0 Å². The fraction of sp³-hybridized carbons (Fsp3) is 0.500. The van der Waals surface area contributed by atoms with Crippen LogP contribution in [0.15, 0.2) is 22.6 Å². The third-order valence-electron chi connectivity index (χ3n) is 4.22. The molecule has 0 aliphatic rings. The van der Waals surface area contributed by atoms with Crippen LogP contribution in [0.4, 0.5) is 0 Å². The van der Waals surface area contributed by atoms with Crippen LogP contribution in [-0.2, 0) is 16.9 Å². The van der Waals surface area contributed by atoms with Gasteiger partial charge in [-0.05, 0) is 64.5 Å². The smallest absolute Gasteiger partial charge is 0.192 e. The number of rotatable bonds is 4. The van der Waals surface area contributed by atoms with Crippen molar-refractivity contribution in [3.63, 3.8) is 0 Å². The van der Waals surface area contributed by atoms with Crippen LogP contribution in [0.3, 0.4) is 0 Å². The molecule has 0 fully saturated rings. The third kappa shape index (κ3) is 3.84. The predicted molar refractivity (Wildman–Crippen MR) is 100 cm³/mol. The SMILES string of the molecule is CC(C)(C)[Si](C)(C)OCc1cc2cc(CCl)cc(I)c2o1. The second-order valence-electron chi connectivity index (χ2n) is 6.89. The summed E-state index contributed by atoms with van der Waals surface area (Å²) in [5.41, 5.74) is 2.05. The van der Waals surface area contributed by atoms with E-state index >= 15 is 0 Å². The topological polar surface area (TPSA) is 22.4 Å². The second-order valence-corrected chi connectivity index (χ2v) is 13.1. The standard InChI is InChI=1S/C16H22ClIO2Si/c1-16(2,3)21(4,5)19-10-13-8-12-6-11(9-17)7-14(18)15(12)20-13/h6-8H,9-10H2,1-5H3. The number of furan rings is 1. The molecule has 1 aromatic heterocycles. The average molecular weight is 437 g/mol. The number of hydrogen-bond donors (Lipinski definition) is 0. The zero-order chi connectivity index (χ0) is 15.8. The molecule has 1 aromatic carbocycles. The van der Waals surface area contributed by atoms with E-state index in [0.29, 0.717) is 12.5 Å². The highest BCUT2D eigenvalue weighted by atomic mass is 127. The van der Waals surface area contributed by atoms with E-state index in [0.717, 1.165) is 25.9 Å². The molecule has 1 heterocycles. The molecule has 116 valence electrons. The highest BCUT2D eigenvalue weighted by Gasteiger charge is 2.37. The number of fused-ring (bicyclic) bond motifs is 1. The lowest BCUT2D eigenvalue weighted by Gasteiger charge is -2.35. The first-order chi connectivity index (χ1) is 9.64. The third-order valence-corrected chi connectivity index (χ3v) is 9.81. The highest BCUT2D eigenvalue weighted by molar-refractivity contribution is 14.1. The molecule has 0 atom stereocenters. The van der Waals surface area contributed by atoms with Gasteiger partial charge in [0.1, 0.15) is 11.3 Å². The van der Waals surface area contributed by atoms with Crippen LogP contribution in [0.25, 0.3) is 11.0 Å². The van der Waals surface area contributed by atoms with E-state index in [1.54, 1.807) is 0 Å². The molecule has 0 unspecified atom stereocenters. The van der Waals surface area contributed by atoms with Crippen molar-refractivity contribution in [1.29, 1.82) is 0 Å². The molecule has 0 N–H and O–H groups in total. The molecular weight excluding hydrogens is 415 g/mol. The van der Waals surface area contributed by atoms with Crippen molar-refractivity contribution in [3.8, 4) is 0 Å². The number of alkyl halides is 1. The number of halogens is 2. The maximum Gasteiger partial charge on any atom is 0.192 e. The largest absolute Gasteiger partial charge is 0.458 e. The van der Waals surface area contributed by atoms with Crippen LogP contribution >= 0.6 is 34.2 Å². The summed E-state index contributed by atoms with van der Waals surface area (Å²) in [6.45, 7) is 11.8. The summed E-state index contributed by atoms with van der Waals surface area (Å²) in [7, 11) is -1.75. The molecule has 2 nitrogen and oxygen atoms in total. The van der Waals surface area contributed by atoms with Crippen LogP contribution in [-0.4, -0.2) is 8.32 Å². The van der Waals surface area contributed by atoms with Gasteiger partial charge in [-0.15, -0.1) is 11.6 Å². The van der Waals surface area contributed by atoms with Crippen LogP contribution in [0.1, 0.15) is 32.1 Å². The zero-order valence-corrected chi connectivity index (χ0v) is 17.1.